The van der Waals surface area contributed by atoms with E-state index < -0.39 is 11.7 Å². The SMILES string of the molecule is NCCCCc1c(-c2cccc3ccccc23)[nH]c2c(C(F)(F)F)cc(Cl)cc12. The molecular formula is C23H20ClF3N2. The summed E-state index contributed by atoms with van der Waals surface area (Å²) in [5.41, 5.74) is 7.40. The molecule has 0 spiro atoms. The van der Waals surface area contributed by atoms with Crippen LogP contribution < -0.4 is 5.73 Å². The Morgan fingerprint density at radius 2 is 1.69 bits per heavy atom. The number of hydrogen-bond donors (Lipinski definition) is 2. The first-order chi connectivity index (χ1) is 13.9. The van der Waals surface area contributed by atoms with Gasteiger partial charge in [0.1, 0.15) is 0 Å². The number of halogens is 4. The van der Waals surface area contributed by atoms with E-state index in [0.29, 0.717) is 24.0 Å². The summed E-state index contributed by atoms with van der Waals surface area (Å²) >= 11 is 6.08. The molecule has 0 aliphatic carbocycles. The van der Waals surface area contributed by atoms with Crippen molar-refractivity contribution in [3.8, 4) is 11.3 Å². The van der Waals surface area contributed by atoms with E-state index in [-0.39, 0.29) is 10.5 Å². The van der Waals surface area contributed by atoms with Crippen molar-refractivity contribution in [2.45, 2.75) is 25.4 Å². The Hall–Kier alpha value is -2.50. The molecule has 29 heavy (non-hydrogen) atoms. The molecule has 2 nitrogen and oxygen atoms in total. The fourth-order valence-electron chi connectivity index (χ4n) is 3.92. The number of aromatic nitrogens is 1. The summed E-state index contributed by atoms with van der Waals surface area (Å²) in [6, 6.07) is 16.3. The number of nitrogens with one attached hydrogen (secondary N) is 1. The summed E-state index contributed by atoms with van der Waals surface area (Å²) in [5, 5.41) is 2.62. The molecular weight excluding hydrogens is 397 g/mol. The Morgan fingerprint density at radius 1 is 0.931 bits per heavy atom. The monoisotopic (exact) mass is 416 g/mol. The van der Waals surface area contributed by atoms with E-state index in [1.165, 1.54) is 0 Å². The maximum Gasteiger partial charge on any atom is 0.418 e. The Labute approximate surface area is 171 Å². The second-order valence-corrected chi connectivity index (χ2v) is 7.56. The number of alkyl halides is 3. The Morgan fingerprint density at radius 3 is 2.45 bits per heavy atom. The van der Waals surface area contributed by atoms with Crippen molar-refractivity contribution in [1.82, 2.24) is 4.98 Å². The third-order valence-electron chi connectivity index (χ3n) is 5.23. The summed E-state index contributed by atoms with van der Waals surface area (Å²) in [6.45, 7) is 0.542. The molecule has 0 bridgehead atoms. The standard InChI is InChI=1S/C23H20ClF3N2/c24-15-12-19-18(9-3-4-11-28)21(29-22(19)20(13-15)23(25,26)27)17-10-5-7-14-6-1-2-8-16(14)17/h1-2,5-8,10,12-13,29H,3-4,9,11,28H2. The van der Waals surface area contributed by atoms with Gasteiger partial charge >= 0.3 is 6.18 Å². The second kappa shape index (κ2) is 7.73. The minimum Gasteiger partial charge on any atom is -0.354 e. The molecule has 4 aromatic rings. The van der Waals surface area contributed by atoms with Crippen LogP contribution in [0.1, 0.15) is 24.0 Å². The lowest BCUT2D eigenvalue weighted by molar-refractivity contribution is -0.136. The third-order valence-corrected chi connectivity index (χ3v) is 5.44. The van der Waals surface area contributed by atoms with E-state index >= 15 is 0 Å². The number of benzene rings is 3. The molecule has 150 valence electrons. The number of H-pyrrole nitrogens is 1. The molecule has 4 rings (SSSR count). The highest BCUT2D eigenvalue weighted by atomic mass is 35.5. The highest BCUT2D eigenvalue weighted by Gasteiger charge is 2.34. The summed E-state index contributed by atoms with van der Waals surface area (Å²) in [6.07, 6.45) is -2.30. The van der Waals surface area contributed by atoms with Crippen molar-refractivity contribution in [2.24, 2.45) is 5.73 Å². The van der Waals surface area contributed by atoms with Crippen LogP contribution in [-0.4, -0.2) is 11.5 Å². The van der Waals surface area contributed by atoms with Gasteiger partial charge in [0.2, 0.25) is 0 Å². The topological polar surface area (TPSA) is 41.8 Å². The zero-order chi connectivity index (χ0) is 20.6. The lowest BCUT2D eigenvalue weighted by Gasteiger charge is -2.09. The average molecular weight is 417 g/mol. The number of rotatable bonds is 5. The van der Waals surface area contributed by atoms with E-state index in [9.17, 15) is 13.2 Å². The molecule has 3 N–H and O–H groups in total. The number of hydrogen-bond acceptors (Lipinski definition) is 1. The van der Waals surface area contributed by atoms with E-state index in [2.05, 4.69) is 4.98 Å². The molecule has 0 saturated heterocycles. The molecule has 1 heterocycles. The van der Waals surface area contributed by atoms with Gasteiger partial charge in [-0.25, -0.2) is 0 Å². The van der Waals surface area contributed by atoms with Crippen LogP contribution in [-0.2, 0) is 12.6 Å². The molecule has 0 saturated carbocycles. The number of nitrogens with two attached hydrogens (primary N) is 1. The normalized spacial score (nSPS) is 12.2. The van der Waals surface area contributed by atoms with Gasteiger partial charge in [0.15, 0.2) is 0 Å². The van der Waals surface area contributed by atoms with Gasteiger partial charge in [-0.2, -0.15) is 13.2 Å². The van der Waals surface area contributed by atoms with Crippen LogP contribution in [0.25, 0.3) is 32.9 Å². The van der Waals surface area contributed by atoms with Crippen molar-refractivity contribution in [3.05, 3.63) is 70.7 Å². The first-order valence-electron chi connectivity index (χ1n) is 9.49. The average Bonchev–Trinajstić information content (AvgIpc) is 3.04. The predicted molar refractivity (Wildman–Crippen MR) is 113 cm³/mol. The van der Waals surface area contributed by atoms with Crippen LogP contribution >= 0.6 is 11.6 Å². The fraction of sp³-hybridized carbons (Fsp3) is 0.217. The van der Waals surface area contributed by atoms with Crippen LogP contribution in [0.15, 0.2) is 54.6 Å². The number of aromatic amines is 1. The van der Waals surface area contributed by atoms with Crippen LogP contribution in [0.5, 0.6) is 0 Å². The minimum absolute atomic E-state index is 0.0765. The highest BCUT2D eigenvalue weighted by Crippen LogP contribution is 2.42. The number of unbranched alkanes of at least 4 members (excludes halogenated alkanes) is 1. The molecule has 0 amide bonds. The molecule has 1 aromatic heterocycles. The van der Waals surface area contributed by atoms with Crippen LogP contribution in [0.4, 0.5) is 13.2 Å². The number of fused-ring (bicyclic) bond motifs is 2. The quantitative estimate of drug-likeness (QED) is 0.340. The summed E-state index contributed by atoms with van der Waals surface area (Å²) in [7, 11) is 0. The van der Waals surface area contributed by atoms with Gasteiger partial charge in [0, 0.05) is 16.0 Å². The fourth-order valence-corrected chi connectivity index (χ4v) is 4.14. The molecule has 3 aromatic carbocycles. The predicted octanol–water partition coefficient (Wildman–Crippen LogP) is 6.94. The maximum absolute atomic E-state index is 13.7. The van der Waals surface area contributed by atoms with E-state index in [1.54, 1.807) is 6.07 Å². The lowest BCUT2D eigenvalue weighted by atomic mass is 9.96. The molecule has 0 radical (unpaired) electrons. The van der Waals surface area contributed by atoms with Crippen molar-refractivity contribution in [1.29, 1.82) is 0 Å². The smallest absolute Gasteiger partial charge is 0.354 e. The maximum atomic E-state index is 13.7. The van der Waals surface area contributed by atoms with Crippen LogP contribution in [0, 0.1) is 0 Å². The lowest BCUT2D eigenvalue weighted by Crippen LogP contribution is -2.05. The van der Waals surface area contributed by atoms with Gasteiger partial charge in [-0.3, -0.25) is 0 Å². The van der Waals surface area contributed by atoms with Crippen molar-refractivity contribution < 1.29 is 13.2 Å². The Balaban J connectivity index is 2.03. The summed E-state index contributed by atoms with van der Waals surface area (Å²) < 4.78 is 41.1. The molecule has 0 fully saturated rings. The second-order valence-electron chi connectivity index (χ2n) is 7.12. The molecule has 0 aliphatic heterocycles. The van der Waals surface area contributed by atoms with Gasteiger partial charge < -0.3 is 10.7 Å². The first kappa shape index (κ1) is 19.8. The van der Waals surface area contributed by atoms with Gasteiger partial charge in [-0.15, -0.1) is 0 Å². The van der Waals surface area contributed by atoms with Crippen molar-refractivity contribution in [2.75, 3.05) is 6.54 Å². The van der Waals surface area contributed by atoms with E-state index in [1.807, 2.05) is 42.5 Å². The molecule has 0 unspecified atom stereocenters. The highest BCUT2D eigenvalue weighted by molar-refractivity contribution is 6.31. The van der Waals surface area contributed by atoms with E-state index in [4.69, 9.17) is 17.3 Å². The zero-order valence-electron chi connectivity index (χ0n) is 15.6. The van der Waals surface area contributed by atoms with Gasteiger partial charge in [-0.05, 0) is 54.3 Å². The van der Waals surface area contributed by atoms with Crippen molar-refractivity contribution in [3.63, 3.8) is 0 Å². The van der Waals surface area contributed by atoms with Gasteiger partial charge in [-0.1, -0.05) is 54.1 Å². The van der Waals surface area contributed by atoms with Gasteiger partial charge in [0.25, 0.3) is 0 Å². The zero-order valence-corrected chi connectivity index (χ0v) is 16.4. The minimum atomic E-state index is -4.50. The summed E-state index contributed by atoms with van der Waals surface area (Å²) in [4.78, 5) is 3.09. The Kier molecular flexibility index (Phi) is 5.28. The molecule has 0 aliphatic rings. The largest absolute Gasteiger partial charge is 0.418 e. The van der Waals surface area contributed by atoms with Crippen LogP contribution in [0.3, 0.4) is 0 Å². The van der Waals surface area contributed by atoms with Crippen LogP contribution in [0.2, 0.25) is 5.02 Å². The van der Waals surface area contributed by atoms with E-state index in [0.717, 1.165) is 40.8 Å². The van der Waals surface area contributed by atoms with Gasteiger partial charge in [0.05, 0.1) is 16.8 Å². The number of aryl methyl sites for hydroxylation is 1. The molecule has 0 atom stereocenters. The summed E-state index contributed by atoms with van der Waals surface area (Å²) in [5.74, 6) is 0. The third kappa shape index (κ3) is 3.72. The van der Waals surface area contributed by atoms with Crippen molar-refractivity contribution >= 4 is 33.3 Å². The first-order valence-corrected chi connectivity index (χ1v) is 9.87. The molecule has 6 heteroatoms. The Bertz CT molecular complexity index is 1170.